The number of nitrogens with two attached hydrogens (primary N) is 1. The van der Waals surface area contributed by atoms with E-state index in [0.29, 0.717) is 12.1 Å². The number of piperidine rings is 1. The molecule has 4 heterocycles. The van der Waals surface area contributed by atoms with Gasteiger partial charge in [0.1, 0.15) is 11.3 Å². The zero-order valence-corrected chi connectivity index (χ0v) is 20.9. The van der Waals surface area contributed by atoms with Crippen LogP contribution in [0, 0.1) is 5.92 Å². The summed E-state index contributed by atoms with van der Waals surface area (Å²) in [5, 5.41) is 1.23. The van der Waals surface area contributed by atoms with Crippen LogP contribution in [-0.4, -0.2) is 43.9 Å². The summed E-state index contributed by atoms with van der Waals surface area (Å²) in [5.41, 5.74) is 13.1. The van der Waals surface area contributed by atoms with Crippen LogP contribution in [-0.2, 0) is 6.54 Å². The van der Waals surface area contributed by atoms with Gasteiger partial charge >= 0.3 is 0 Å². The summed E-state index contributed by atoms with van der Waals surface area (Å²) in [6, 6.07) is 25.2. The number of rotatable bonds is 5. The number of nitrogens with zero attached hydrogens (tertiary/aromatic N) is 4. The lowest BCUT2D eigenvalue weighted by Gasteiger charge is -2.30. The van der Waals surface area contributed by atoms with Crippen molar-refractivity contribution in [2.45, 2.75) is 38.3 Å². The predicted octanol–water partition coefficient (Wildman–Crippen LogP) is 5.60. The van der Waals surface area contributed by atoms with Crippen LogP contribution in [0.15, 0.2) is 79.0 Å². The molecule has 2 aromatic carbocycles. The molecule has 37 heavy (non-hydrogen) atoms. The van der Waals surface area contributed by atoms with E-state index in [1.807, 2.05) is 29.3 Å². The highest BCUT2D eigenvalue weighted by molar-refractivity contribution is 5.96. The minimum Gasteiger partial charge on any atom is -0.339 e. The SMILES string of the molecule is N[C@@H]1CCCN(C(=O)c2ccn3c(-c4ccccc4)c(-c4cc5ccccc5n4CC4CC4)nc3c2)C1. The number of pyridine rings is 1. The van der Waals surface area contributed by atoms with E-state index in [1.165, 1.54) is 23.7 Å². The third-order valence-electron chi connectivity index (χ3n) is 7.86. The highest BCUT2D eigenvalue weighted by Crippen LogP contribution is 2.39. The summed E-state index contributed by atoms with van der Waals surface area (Å²) in [7, 11) is 0. The lowest BCUT2D eigenvalue weighted by Crippen LogP contribution is -2.45. The fraction of sp³-hybridized carbons (Fsp3) is 0.290. The van der Waals surface area contributed by atoms with Gasteiger partial charge in [-0.05, 0) is 55.9 Å². The van der Waals surface area contributed by atoms with Crippen molar-refractivity contribution >= 4 is 22.5 Å². The number of fused-ring (bicyclic) bond motifs is 2. The van der Waals surface area contributed by atoms with Gasteiger partial charge in [-0.3, -0.25) is 9.20 Å². The molecule has 3 aromatic heterocycles. The number of para-hydroxylation sites is 1. The number of hydrogen-bond donors (Lipinski definition) is 1. The van der Waals surface area contributed by atoms with Gasteiger partial charge in [-0.1, -0.05) is 48.5 Å². The fourth-order valence-electron chi connectivity index (χ4n) is 5.77. The molecule has 186 valence electrons. The lowest BCUT2D eigenvalue weighted by molar-refractivity contribution is 0.0709. The van der Waals surface area contributed by atoms with Crippen LogP contribution < -0.4 is 5.73 Å². The maximum Gasteiger partial charge on any atom is 0.254 e. The first kappa shape index (κ1) is 22.3. The van der Waals surface area contributed by atoms with Crippen LogP contribution in [0.25, 0.3) is 39.2 Å². The Hall–Kier alpha value is -3.90. The Bertz CT molecular complexity index is 1610. The standard InChI is InChI=1S/C31H31N5O/c32-25-10-6-15-34(20-25)31(37)24-14-16-35-28(18-24)33-29(30(35)22-7-2-1-3-8-22)27-17-23-9-4-5-11-26(23)36(27)19-21-12-13-21/h1-5,7-9,11,14,16-18,21,25H,6,10,12-13,15,19-20,32H2/t25-/m1/s1. The molecular formula is C31H31N5O. The monoisotopic (exact) mass is 489 g/mol. The van der Waals surface area contributed by atoms with Crippen LogP contribution in [0.1, 0.15) is 36.0 Å². The molecule has 0 bridgehead atoms. The molecule has 1 saturated carbocycles. The first-order valence-corrected chi connectivity index (χ1v) is 13.4. The molecule has 1 amide bonds. The normalized spacial score (nSPS) is 18.1. The van der Waals surface area contributed by atoms with Crippen LogP contribution >= 0.6 is 0 Å². The number of likely N-dealkylation sites (tertiary alicyclic amines) is 1. The first-order valence-electron chi connectivity index (χ1n) is 13.4. The van der Waals surface area contributed by atoms with E-state index in [2.05, 4.69) is 63.6 Å². The number of aromatic nitrogens is 3. The van der Waals surface area contributed by atoms with Gasteiger partial charge in [-0.2, -0.15) is 0 Å². The van der Waals surface area contributed by atoms with E-state index in [9.17, 15) is 4.79 Å². The quantitative estimate of drug-likeness (QED) is 0.350. The molecule has 0 radical (unpaired) electrons. The zero-order chi connectivity index (χ0) is 24.9. The summed E-state index contributed by atoms with van der Waals surface area (Å²) < 4.78 is 4.57. The molecule has 2 aliphatic rings. The van der Waals surface area contributed by atoms with Crippen LogP contribution in [0.4, 0.5) is 0 Å². The molecule has 1 aliphatic carbocycles. The Balaban J connectivity index is 1.40. The van der Waals surface area contributed by atoms with Gasteiger partial charge in [0.15, 0.2) is 0 Å². The van der Waals surface area contributed by atoms with Crippen molar-refractivity contribution in [2.75, 3.05) is 13.1 Å². The fourth-order valence-corrected chi connectivity index (χ4v) is 5.77. The second-order valence-electron chi connectivity index (χ2n) is 10.6. The Morgan fingerprint density at radius 1 is 0.973 bits per heavy atom. The van der Waals surface area contributed by atoms with E-state index < -0.39 is 0 Å². The van der Waals surface area contributed by atoms with Gasteiger partial charge in [0, 0.05) is 53.9 Å². The Labute approximate surface area is 216 Å². The second-order valence-corrected chi connectivity index (χ2v) is 10.6. The number of imidazole rings is 1. The summed E-state index contributed by atoms with van der Waals surface area (Å²) in [6.45, 7) is 2.37. The van der Waals surface area contributed by atoms with Crippen molar-refractivity contribution < 1.29 is 4.79 Å². The molecule has 2 N–H and O–H groups in total. The summed E-state index contributed by atoms with van der Waals surface area (Å²) in [4.78, 5) is 20.4. The molecule has 1 saturated heterocycles. The maximum absolute atomic E-state index is 13.3. The zero-order valence-electron chi connectivity index (χ0n) is 20.9. The van der Waals surface area contributed by atoms with Crippen molar-refractivity contribution in [1.29, 1.82) is 0 Å². The average molecular weight is 490 g/mol. The van der Waals surface area contributed by atoms with Gasteiger partial charge in [-0.15, -0.1) is 0 Å². The van der Waals surface area contributed by atoms with Crippen molar-refractivity contribution in [2.24, 2.45) is 11.7 Å². The van der Waals surface area contributed by atoms with Crippen LogP contribution in [0.3, 0.4) is 0 Å². The largest absolute Gasteiger partial charge is 0.339 e. The minimum absolute atomic E-state index is 0.0336. The van der Waals surface area contributed by atoms with Gasteiger partial charge in [0.25, 0.3) is 5.91 Å². The number of carbonyl (C=O) groups is 1. The third kappa shape index (κ3) is 4.02. The Morgan fingerprint density at radius 3 is 2.59 bits per heavy atom. The summed E-state index contributed by atoms with van der Waals surface area (Å²) in [6.07, 6.45) is 6.50. The molecule has 1 atom stereocenters. The van der Waals surface area contributed by atoms with Crippen LogP contribution in [0.2, 0.25) is 0 Å². The number of benzene rings is 2. The van der Waals surface area contributed by atoms with E-state index in [-0.39, 0.29) is 11.9 Å². The first-order chi connectivity index (χ1) is 18.2. The Morgan fingerprint density at radius 2 is 1.78 bits per heavy atom. The third-order valence-corrected chi connectivity index (χ3v) is 7.86. The summed E-state index contributed by atoms with van der Waals surface area (Å²) in [5.74, 6) is 0.762. The maximum atomic E-state index is 13.3. The lowest BCUT2D eigenvalue weighted by atomic mass is 10.1. The van der Waals surface area contributed by atoms with E-state index >= 15 is 0 Å². The van der Waals surface area contributed by atoms with Crippen LogP contribution in [0.5, 0.6) is 0 Å². The van der Waals surface area contributed by atoms with E-state index in [1.54, 1.807) is 0 Å². The molecule has 6 nitrogen and oxygen atoms in total. The van der Waals surface area contributed by atoms with Gasteiger partial charge in [0.05, 0.1) is 11.4 Å². The molecular weight excluding hydrogens is 458 g/mol. The molecule has 1 aliphatic heterocycles. The Kier molecular flexibility index (Phi) is 5.36. The molecule has 0 spiro atoms. The molecule has 7 rings (SSSR count). The second kappa shape index (κ2) is 8.89. The van der Waals surface area contributed by atoms with Crippen molar-refractivity contribution in [1.82, 2.24) is 18.9 Å². The molecule has 2 fully saturated rings. The van der Waals surface area contributed by atoms with E-state index in [4.69, 9.17) is 10.7 Å². The highest BCUT2D eigenvalue weighted by Gasteiger charge is 2.27. The molecule has 6 heteroatoms. The van der Waals surface area contributed by atoms with Crippen molar-refractivity contribution in [3.05, 3.63) is 84.6 Å². The van der Waals surface area contributed by atoms with Gasteiger partial charge < -0.3 is 15.2 Å². The van der Waals surface area contributed by atoms with Crippen molar-refractivity contribution in [3.8, 4) is 22.6 Å². The molecule has 5 aromatic rings. The van der Waals surface area contributed by atoms with E-state index in [0.717, 1.165) is 60.1 Å². The summed E-state index contributed by atoms with van der Waals surface area (Å²) >= 11 is 0. The minimum atomic E-state index is 0.0336. The van der Waals surface area contributed by atoms with Gasteiger partial charge in [-0.25, -0.2) is 4.98 Å². The van der Waals surface area contributed by atoms with Gasteiger partial charge in [0.2, 0.25) is 0 Å². The topological polar surface area (TPSA) is 68.6 Å². The number of hydrogen-bond acceptors (Lipinski definition) is 3. The molecule has 0 unspecified atom stereocenters. The smallest absolute Gasteiger partial charge is 0.254 e. The highest BCUT2D eigenvalue weighted by atomic mass is 16.2. The average Bonchev–Trinajstić information content (AvgIpc) is 3.57. The van der Waals surface area contributed by atoms with Crippen molar-refractivity contribution in [3.63, 3.8) is 0 Å². The number of carbonyl (C=O) groups excluding carboxylic acids is 1. The predicted molar refractivity (Wildman–Crippen MR) is 147 cm³/mol. The number of amides is 1.